The summed E-state index contributed by atoms with van der Waals surface area (Å²) >= 11 is 0. The number of rotatable bonds is 5. The summed E-state index contributed by atoms with van der Waals surface area (Å²) in [4.78, 5) is 22.6. The van der Waals surface area contributed by atoms with Gasteiger partial charge >= 0.3 is 11.9 Å². The van der Waals surface area contributed by atoms with Crippen LogP contribution in [0, 0.1) is 0 Å². The molecule has 1 aliphatic heterocycles. The molecule has 0 spiro atoms. The quantitative estimate of drug-likeness (QED) is 0.541. The van der Waals surface area contributed by atoms with Crippen LogP contribution in [-0.4, -0.2) is 30.9 Å². The lowest BCUT2D eigenvalue weighted by Crippen LogP contribution is -2.40. The van der Waals surface area contributed by atoms with Crippen LogP contribution in [0.2, 0.25) is 0 Å². The van der Waals surface area contributed by atoms with Crippen LogP contribution in [0.25, 0.3) is 0 Å². The fraction of sp³-hybridized carbons (Fsp3) is 0.667. The molecular weight excluding hydrogens is 224 g/mol. The second-order valence-electron chi connectivity index (χ2n) is 4.05. The van der Waals surface area contributed by atoms with Crippen LogP contribution in [0.5, 0.6) is 0 Å². The van der Waals surface area contributed by atoms with Gasteiger partial charge in [0.05, 0.1) is 6.61 Å². The molecule has 1 unspecified atom stereocenters. The molecule has 0 aromatic heterocycles. The van der Waals surface area contributed by atoms with E-state index in [4.69, 9.17) is 14.2 Å². The topological polar surface area (TPSA) is 61.8 Å². The van der Waals surface area contributed by atoms with Gasteiger partial charge in [-0.3, -0.25) is 4.79 Å². The monoisotopic (exact) mass is 242 g/mol. The van der Waals surface area contributed by atoms with Crippen LogP contribution in [-0.2, 0) is 23.8 Å². The lowest BCUT2D eigenvalue weighted by molar-refractivity contribution is -0.229. The van der Waals surface area contributed by atoms with E-state index in [1.165, 1.54) is 0 Å². The summed E-state index contributed by atoms with van der Waals surface area (Å²) < 4.78 is 15.6. The summed E-state index contributed by atoms with van der Waals surface area (Å²) in [5.41, 5.74) is 0.293. The highest BCUT2D eigenvalue weighted by Gasteiger charge is 2.40. The molecule has 0 bridgehead atoms. The second kappa shape index (κ2) is 5.82. The maximum absolute atomic E-state index is 11.5. The second-order valence-corrected chi connectivity index (χ2v) is 4.05. The van der Waals surface area contributed by atoms with Gasteiger partial charge in [-0.25, -0.2) is 4.79 Å². The fourth-order valence-corrected chi connectivity index (χ4v) is 1.44. The lowest BCUT2D eigenvalue weighted by atomic mass is 10.2. The van der Waals surface area contributed by atoms with Gasteiger partial charge in [0.2, 0.25) is 5.79 Å². The molecule has 5 nitrogen and oxygen atoms in total. The minimum absolute atomic E-state index is 0.0569. The molecule has 0 N–H and O–H groups in total. The zero-order valence-corrected chi connectivity index (χ0v) is 10.3. The molecular formula is C12H18O5. The van der Waals surface area contributed by atoms with Crippen LogP contribution in [0.3, 0.4) is 0 Å². The van der Waals surface area contributed by atoms with Crippen LogP contribution >= 0.6 is 0 Å². The Morgan fingerprint density at radius 1 is 1.47 bits per heavy atom. The molecule has 1 heterocycles. The summed E-state index contributed by atoms with van der Waals surface area (Å²) in [6.07, 6.45) is 1.58. The zero-order chi connectivity index (χ0) is 12.9. The normalized spacial score (nSPS) is 23.2. The van der Waals surface area contributed by atoms with Crippen molar-refractivity contribution in [1.29, 1.82) is 0 Å². The molecule has 0 aliphatic carbocycles. The summed E-state index contributed by atoms with van der Waals surface area (Å²) in [6, 6.07) is 0. The zero-order valence-electron chi connectivity index (χ0n) is 10.3. The summed E-state index contributed by atoms with van der Waals surface area (Å²) in [5, 5.41) is 0. The number of ether oxygens (including phenoxy) is 3. The summed E-state index contributed by atoms with van der Waals surface area (Å²) in [6.45, 7) is 7.20. The van der Waals surface area contributed by atoms with Gasteiger partial charge in [0.25, 0.3) is 0 Å². The Balaban J connectivity index is 2.59. The van der Waals surface area contributed by atoms with E-state index in [1.54, 1.807) is 13.8 Å². The average molecular weight is 242 g/mol. The molecule has 5 heteroatoms. The van der Waals surface area contributed by atoms with Crippen molar-refractivity contribution in [2.75, 3.05) is 13.2 Å². The smallest absolute Gasteiger partial charge is 0.335 e. The van der Waals surface area contributed by atoms with Crippen molar-refractivity contribution in [2.45, 2.75) is 38.9 Å². The standard InChI is InChI=1S/C12H18O5/c1-4-10(13)15-8-12(6-5-7-16-12)17-11(14)9(2)3/h2,4-8H2,1,3H3. The highest BCUT2D eigenvalue weighted by Crippen LogP contribution is 2.28. The van der Waals surface area contributed by atoms with Crippen molar-refractivity contribution < 1.29 is 23.8 Å². The molecule has 0 saturated carbocycles. The van der Waals surface area contributed by atoms with Gasteiger partial charge in [-0.2, -0.15) is 0 Å². The highest BCUT2D eigenvalue weighted by molar-refractivity contribution is 5.87. The Kier molecular flexibility index (Phi) is 4.69. The first-order chi connectivity index (χ1) is 7.99. The first-order valence-corrected chi connectivity index (χ1v) is 5.67. The van der Waals surface area contributed by atoms with E-state index >= 15 is 0 Å². The number of hydrogen-bond donors (Lipinski definition) is 0. The van der Waals surface area contributed by atoms with Gasteiger partial charge in [-0.05, 0) is 13.3 Å². The number of esters is 2. The molecule has 1 aliphatic rings. The maximum Gasteiger partial charge on any atom is 0.335 e. The van der Waals surface area contributed by atoms with Crippen molar-refractivity contribution in [3.05, 3.63) is 12.2 Å². The summed E-state index contributed by atoms with van der Waals surface area (Å²) in [5.74, 6) is -1.99. The van der Waals surface area contributed by atoms with Gasteiger partial charge in [-0.15, -0.1) is 0 Å². The van der Waals surface area contributed by atoms with E-state index in [9.17, 15) is 9.59 Å². The van der Waals surface area contributed by atoms with E-state index in [2.05, 4.69) is 6.58 Å². The van der Waals surface area contributed by atoms with Gasteiger partial charge in [0.1, 0.15) is 0 Å². The van der Waals surface area contributed by atoms with E-state index in [1.807, 2.05) is 0 Å². The SMILES string of the molecule is C=C(C)C(=O)OC1(COC(=O)CC)CCCO1. The fourth-order valence-electron chi connectivity index (χ4n) is 1.44. The van der Waals surface area contributed by atoms with Crippen molar-refractivity contribution in [3.63, 3.8) is 0 Å². The Bertz CT molecular complexity index is 315. The highest BCUT2D eigenvalue weighted by atomic mass is 16.7. The first kappa shape index (κ1) is 13.7. The number of hydrogen-bond acceptors (Lipinski definition) is 5. The minimum Gasteiger partial charge on any atom is -0.459 e. The van der Waals surface area contributed by atoms with E-state index in [-0.39, 0.29) is 19.0 Å². The first-order valence-electron chi connectivity index (χ1n) is 5.67. The van der Waals surface area contributed by atoms with Gasteiger partial charge in [0, 0.05) is 18.4 Å². The van der Waals surface area contributed by atoms with Crippen LogP contribution in [0.4, 0.5) is 0 Å². The molecule has 0 aromatic carbocycles. The average Bonchev–Trinajstić information content (AvgIpc) is 2.74. The van der Waals surface area contributed by atoms with Gasteiger partial charge in [0.15, 0.2) is 6.61 Å². The van der Waals surface area contributed by atoms with Gasteiger partial charge < -0.3 is 14.2 Å². The Morgan fingerprint density at radius 2 is 2.18 bits per heavy atom. The summed E-state index contributed by atoms with van der Waals surface area (Å²) in [7, 11) is 0. The molecule has 1 atom stereocenters. The van der Waals surface area contributed by atoms with E-state index in [0.29, 0.717) is 18.6 Å². The van der Waals surface area contributed by atoms with E-state index in [0.717, 1.165) is 6.42 Å². The van der Waals surface area contributed by atoms with Crippen molar-refractivity contribution in [2.24, 2.45) is 0 Å². The predicted molar refractivity (Wildman–Crippen MR) is 60.1 cm³/mol. The molecule has 0 radical (unpaired) electrons. The predicted octanol–water partition coefficient (Wildman–Crippen LogP) is 1.57. The largest absolute Gasteiger partial charge is 0.459 e. The molecule has 0 amide bonds. The number of carbonyl (C=O) groups is 2. The molecule has 96 valence electrons. The Morgan fingerprint density at radius 3 is 2.65 bits per heavy atom. The molecule has 1 rings (SSSR count). The van der Waals surface area contributed by atoms with Crippen molar-refractivity contribution in [1.82, 2.24) is 0 Å². The van der Waals surface area contributed by atoms with Crippen molar-refractivity contribution >= 4 is 11.9 Å². The number of carbonyl (C=O) groups excluding carboxylic acids is 2. The molecule has 0 aromatic rings. The van der Waals surface area contributed by atoms with Crippen LogP contribution in [0.1, 0.15) is 33.1 Å². The Hall–Kier alpha value is -1.36. The van der Waals surface area contributed by atoms with Crippen LogP contribution < -0.4 is 0 Å². The Labute approximate surface area is 101 Å². The van der Waals surface area contributed by atoms with Crippen LogP contribution in [0.15, 0.2) is 12.2 Å². The maximum atomic E-state index is 11.5. The molecule has 17 heavy (non-hydrogen) atoms. The lowest BCUT2D eigenvalue weighted by Gasteiger charge is -2.27. The molecule has 1 saturated heterocycles. The molecule has 1 fully saturated rings. The minimum atomic E-state index is -1.12. The third kappa shape index (κ3) is 3.85. The van der Waals surface area contributed by atoms with Gasteiger partial charge in [-0.1, -0.05) is 13.5 Å². The van der Waals surface area contributed by atoms with E-state index < -0.39 is 11.8 Å². The third-order valence-electron chi connectivity index (χ3n) is 2.44. The van der Waals surface area contributed by atoms with Crippen molar-refractivity contribution in [3.8, 4) is 0 Å². The third-order valence-corrected chi connectivity index (χ3v) is 2.44.